The Morgan fingerprint density at radius 2 is 1.79 bits per heavy atom. The van der Waals surface area contributed by atoms with Gasteiger partial charge in [-0.1, -0.05) is 12.0 Å². The minimum atomic E-state index is -4.72. The van der Waals surface area contributed by atoms with Crippen molar-refractivity contribution in [3.8, 4) is 18.1 Å². The highest BCUT2D eigenvalue weighted by Crippen LogP contribution is 2.35. The van der Waals surface area contributed by atoms with E-state index in [2.05, 4.69) is 26.5 Å². The number of alkyl halides is 3. The highest BCUT2D eigenvalue weighted by molar-refractivity contribution is 7.89. The van der Waals surface area contributed by atoms with Crippen LogP contribution in [0.2, 0.25) is 0 Å². The number of primary sulfonamides is 1. The van der Waals surface area contributed by atoms with Crippen LogP contribution in [-0.4, -0.2) is 25.0 Å². The van der Waals surface area contributed by atoms with Gasteiger partial charge < -0.3 is 15.4 Å². The summed E-state index contributed by atoms with van der Waals surface area (Å²) in [6.45, 7) is 1.61. The van der Waals surface area contributed by atoms with Gasteiger partial charge in [0.15, 0.2) is 0 Å². The van der Waals surface area contributed by atoms with Crippen molar-refractivity contribution in [3.63, 3.8) is 0 Å². The molecule has 0 fully saturated rings. The van der Waals surface area contributed by atoms with Gasteiger partial charge in [-0.2, -0.15) is 18.2 Å². The lowest BCUT2D eigenvalue weighted by molar-refractivity contribution is -0.137. The summed E-state index contributed by atoms with van der Waals surface area (Å²) in [5.74, 6) is 2.06. The van der Waals surface area contributed by atoms with Gasteiger partial charge in [0, 0.05) is 17.6 Å². The lowest BCUT2D eigenvalue weighted by Crippen LogP contribution is -2.14. The molecule has 0 unspecified atom stereocenters. The molecule has 0 atom stereocenters. The van der Waals surface area contributed by atoms with E-state index >= 15 is 0 Å². The molecule has 3 aromatic rings. The number of ether oxygens (including phenoxy) is 1. The van der Waals surface area contributed by atoms with Crippen molar-refractivity contribution < 1.29 is 26.3 Å². The first-order valence-electron chi connectivity index (χ1n) is 9.25. The summed E-state index contributed by atoms with van der Waals surface area (Å²) in [5, 5.41) is 10.5. The van der Waals surface area contributed by atoms with Crippen molar-refractivity contribution in [1.29, 1.82) is 0 Å². The smallest absolute Gasteiger partial charge is 0.421 e. The van der Waals surface area contributed by atoms with Crippen LogP contribution >= 0.6 is 0 Å². The first kappa shape index (κ1) is 23.8. The number of hydrogen-bond acceptors (Lipinski definition) is 7. The molecular weight excluding hydrogens is 459 g/mol. The van der Waals surface area contributed by atoms with E-state index in [1.165, 1.54) is 42.5 Å². The number of sulfonamides is 1. The van der Waals surface area contributed by atoms with E-state index in [9.17, 15) is 21.6 Å². The maximum Gasteiger partial charge on any atom is 0.421 e. The third kappa shape index (κ3) is 6.12. The van der Waals surface area contributed by atoms with E-state index in [-0.39, 0.29) is 23.1 Å². The Morgan fingerprint density at radius 3 is 2.39 bits per heavy atom. The normalized spacial score (nSPS) is 11.5. The molecule has 0 spiro atoms. The van der Waals surface area contributed by atoms with Crippen LogP contribution in [0, 0.1) is 19.3 Å². The Morgan fingerprint density at radius 1 is 1.12 bits per heavy atom. The predicted octanol–water partition coefficient (Wildman–Crippen LogP) is 3.95. The molecule has 0 saturated carbocycles. The Bertz CT molecular complexity index is 1300. The lowest BCUT2D eigenvalue weighted by atomic mass is 10.2. The van der Waals surface area contributed by atoms with E-state index < -0.39 is 27.6 Å². The quantitative estimate of drug-likeness (QED) is 0.441. The van der Waals surface area contributed by atoms with E-state index in [0.29, 0.717) is 23.2 Å². The highest BCUT2D eigenvalue weighted by atomic mass is 32.2. The van der Waals surface area contributed by atoms with Gasteiger partial charge in [-0.3, -0.25) is 0 Å². The molecule has 0 saturated heterocycles. The SMILES string of the molecule is C#CCOc1ccc(Nc2nc(Nc3ccc(C)c(S(N)(=O)=O)c3)ncc2C(F)(F)F)cc1. The molecule has 172 valence electrons. The summed E-state index contributed by atoms with van der Waals surface area (Å²) in [7, 11) is -4.00. The third-order valence-corrected chi connectivity index (χ3v) is 5.34. The second-order valence-corrected chi connectivity index (χ2v) is 8.28. The molecule has 0 aliphatic carbocycles. The summed E-state index contributed by atoms with van der Waals surface area (Å²) in [6, 6.07) is 10.3. The molecule has 2 aromatic carbocycles. The number of nitrogens with zero attached hydrogens (tertiary/aromatic N) is 2. The number of terminal acetylenes is 1. The van der Waals surface area contributed by atoms with Crippen LogP contribution in [0.15, 0.2) is 53.6 Å². The zero-order valence-electron chi connectivity index (χ0n) is 17.1. The van der Waals surface area contributed by atoms with Gasteiger partial charge in [-0.05, 0) is 48.9 Å². The minimum Gasteiger partial charge on any atom is -0.481 e. The fraction of sp³-hybridized carbons (Fsp3) is 0.143. The van der Waals surface area contributed by atoms with Gasteiger partial charge in [0.2, 0.25) is 16.0 Å². The Labute approximate surface area is 188 Å². The van der Waals surface area contributed by atoms with Crippen LogP contribution in [0.5, 0.6) is 5.75 Å². The average Bonchev–Trinajstić information content (AvgIpc) is 2.73. The van der Waals surface area contributed by atoms with E-state index in [1.807, 2.05) is 0 Å². The number of nitrogens with two attached hydrogens (primary N) is 1. The van der Waals surface area contributed by atoms with E-state index in [1.54, 1.807) is 6.92 Å². The van der Waals surface area contributed by atoms with E-state index in [0.717, 1.165) is 0 Å². The van der Waals surface area contributed by atoms with Crippen LogP contribution < -0.4 is 20.5 Å². The third-order valence-electron chi connectivity index (χ3n) is 4.28. The second kappa shape index (κ2) is 9.35. The van der Waals surface area contributed by atoms with Gasteiger partial charge in [-0.25, -0.2) is 18.5 Å². The number of aromatic nitrogens is 2. The van der Waals surface area contributed by atoms with Crippen molar-refractivity contribution in [1.82, 2.24) is 9.97 Å². The van der Waals surface area contributed by atoms with Crippen molar-refractivity contribution in [2.24, 2.45) is 5.14 Å². The standard InChI is InChI=1S/C21H18F3N5O3S/c1-3-10-32-16-8-6-14(7-9-16)27-19-17(21(22,23)24)12-26-20(29-19)28-15-5-4-13(2)18(11-15)33(25,30)31/h1,4-9,11-12H,10H2,2H3,(H2,25,30,31)(H2,26,27,28,29). The fourth-order valence-corrected chi connectivity index (χ4v) is 3.56. The minimum absolute atomic E-state index is 0.0537. The molecular formula is C21H18F3N5O3S. The van der Waals surface area contributed by atoms with Crippen LogP contribution in [0.3, 0.4) is 0 Å². The maximum atomic E-state index is 13.5. The molecule has 1 heterocycles. The molecule has 0 aliphatic rings. The van der Waals surface area contributed by atoms with Gasteiger partial charge in [0.1, 0.15) is 23.7 Å². The van der Waals surface area contributed by atoms with Gasteiger partial charge >= 0.3 is 6.18 Å². The molecule has 0 aliphatic heterocycles. The summed E-state index contributed by atoms with van der Waals surface area (Å²) >= 11 is 0. The number of nitrogens with one attached hydrogen (secondary N) is 2. The van der Waals surface area contributed by atoms with Crippen LogP contribution in [0.25, 0.3) is 0 Å². The van der Waals surface area contributed by atoms with Crippen molar-refractivity contribution >= 4 is 33.2 Å². The van der Waals surface area contributed by atoms with Crippen LogP contribution in [0.1, 0.15) is 11.1 Å². The Kier molecular flexibility index (Phi) is 6.75. The van der Waals surface area contributed by atoms with Crippen molar-refractivity contribution in [3.05, 3.63) is 59.8 Å². The average molecular weight is 477 g/mol. The monoisotopic (exact) mass is 477 g/mol. The number of hydrogen-bond donors (Lipinski definition) is 3. The molecule has 8 nitrogen and oxygen atoms in total. The summed E-state index contributed by atoms with van der Waals surface area (Å²) < 4.78 is 69.1. The predicted molar refractivity (Wildman–Crippen MR) is 117 cm³/mol. The molecule has 1 aromatic heterocycles. The largest absolute Gasteiger partial charge is 0.481 e. The van der Waals surface area contributed by atoms with Gasteiger partial charge in [-0.15, -0.1) is 6.42 Å². The van der Waals surface area contributed by atoms with E-state index in [4.69, 9.17) is 16.3 Å². The van der Waals surface area contributed by atoms with Crippen LogP contribution in [0.4, 0.5) is 36.3 Å². The number of benzene rings is 2. The Hall–Kier alpha value is -3.82. The van der Waals surface area contributed by atoms with Gasteiger partial charge in [0.25, 0.3) is 0 Å². The molecule has 0 bridgehead atoms. The molecule has 0 amide bonds. The number of anilines is 4. The topological polar surface area (TPSA) is 119 Å². The first-order chi connectivity index (χ1) is 15.5. The fourth-order valence-electron chi connectivity index (χ4n) is 2.75. The molecule has 4 N–H and O–H groups in total. The van der Waals surface area contributed by atoms with Gasteiger partial charge in [0.05, 0.1) is 4.90 Å². The lowest BCUT2D eigenvalue weighted by Gasteiger charge is -2.15. The van der Waals surface area contributed by atoms with Crippen LogP contribution in [-0.2, 0) is 16.2 Å². The summed E-state index contributed by atoms with van der Waals surface area (Å²) in [6.07, 6.45) is 1.02. The number of halogens is 3. The highest BCUT2D eigenvalue weighted by Gasteiger charge is 2.35. The zero-order valence-corrected chi connectivity index (χ0v) is 18.0. The molecule has 12 heteroatoms. The summed E-state index contributed by atoms with van der Waals surface area (Å²) in [4.78, 5) is 7.49. The van der Waals surface area contributed by atoms with Crippen molar-refractivity contribution in [2.75, 3.05) is 17.2 Å². The second-order valence-electron chi connectivity index (χ2n) is 6.75. The maximum absolute atomic E-state index is 13.5. The number of aryl methyl sites for hydroxylation is 1. The summed E-state index contributed by atoms with van der Waals surface area (Å²) in [5.41, 5.74) is -0.140. The first-order valence-corrected chi connectivity index (χ1v) is 10.8. The molecule has 0 radical (unpaired) electrons. The zero-order chi connectivity index (χ0) is 24.2. The molecule has 33 heavy (non-hydrogen) atoms. The number of rotatable bonds is 7. The molecule has 3 rings (SSSR count). The van der Waals surface area contributed by atoms with Crippen molar-refractivity contribution in [2.45, 2.75) is 18.0 Å². The Balaban J connectivity index is 1.92.